The van der Waals surface area contributed by atoms with E-state index in [1.165, 1.54) is 0 Å². The Hall–Kier alpha value is -5.74. The Morgan fingerprint density at radius 2 is 1.04 bits per heavy atom. The molecule has 7 amide bonds. The number of carboxylic acid groups (broad SMARTS) is 1. The molecular formula is C32H60N14O9. The van der Waals surface area contributed by atoms with E-state index in [2.05, 4.69) is 36.6 Å². The van der Waals surface area contributed by atoms with Gasteiger partial charge in [0.05, 0.1) is 12.5 Å². The molecule has 0 unspecified atom stereocenters. The minimum atomic E-state index is -1.67. The van der Waals surface area contributed by atoms with Gasteiger partial charge in [-0.3, -0.25) is 43.5 Å². The van der Waals surface area contributed by atoms with Crippen LogP contribution in [0.1, 0.15) is 79.1 Å². The normalized spacial score (nSPS) is 14.7. The van der Waals surface area contributed by atoms with Crippen LogP contribution in [-0.2, 0) is 38.4 Å². The third-order valence-electron chi connectivity index (χ3n) is 8.26. The maximum absolute atomic E-state index is 13.7. The van der Waals surface area contributed by atoms with Crippen LogP contribution in [-0.4, -0.2) is 114 Å². The summed E-state index contributed by atoms with van der Waals surface area (Å²) in [6.45, 7) is 6.85. The number of carboxylic acids is 1. The summed E-state index contributed by atoms with van der Waals surface area (Å²) >= 11 is 0. The average Bonchev–Trinajstić information content (AvgIpc) is 3.08. The molecule has 0 aliphatic heterocycles. The minimum absolute atomic E-state index is 0.0461. The van der Waals surface area contributed by atoms with Gasteiger partial charge in [0.25, 0.3) is 0 Å². The highest BCUT2D eigenvalue weighted by Crippen LogP contribution is 2.11. The summed E-state index contributed by atoms with van der Waals surface area (Å²) in [5.41, 5.74) is 38.0. The summed E-state index contributed by atoms with van der Waals surface area (Å²) in [5, 5.41) is 21.8. The Morgan fingerprint density at radius 3 is 1.49 bits per heavy atom. The molecule has 0 saturated heterocycles. The number of primary amides is 2. The van der Waals surface area contributed by atoms with E-state index < -0.39 is 108 Å². The summed E-state index contributed by atoms with van der Waals surface area (Å²) in [6, 6.07) is -8.17. The Bertz CT molecular complexity index is 1400. The molecule has 0 rings (SSSR count). The molecule has 0 aromatic heterocycles. The largest absolute Gasteiger partial charge is 0.480 e. The Balaban J connectivity index is 6.33. The van der Waals surface area contributed by atoms with E-state index in [0.29, 0.717) is 12.8 Å². The van der Waals surface area contributed by atoms with Crippen LogP contribution in [0.25, 0.3) is 0 Å². The zero-order valence-electron chi connectivity index (χ0n) is 31.8. The van der Waals surface area contributed by atoms with Crippen molar-refractivity contribution in [3.8, 4) is 0 Å². The number of aliphatic imine (C=N–C) groups is 2. The molecule has 0 fully saturated rings. The van der Waals surface area contributed by atoms with Gasteiger partial charge in [-0.2, -0.15) is 0 Å². The summed E-state index contributed by atoms with van der Waals surface area (Å²) in [7, 11) is 0. The van der Waals surface area contributed by atoms with Gasteiger partial charge in [-0.05, 0) is 43.9 Å². The summed E-state index contributed by atoms with van der Waals surface area (Å²) in [4.78, 5) is 110. The molecule has 20 N–H and O–H groups in total. The van der Waals surface area contributed by atoms with Gasteiger partial charge in [-0.25, -0.2) is 4.79 Å². The van der Waals surface area contributed by atoms with Crippen LogP contribution >= 0.6 is 0 Å². The minimum Gasteiger partial charge on any atom is -0.480 e. The number of guanidine groups is 2. The summed E-state index contributed by atoms with van der Waals surface area (Å²) < 4.78 is 0. The first-order valence-corrected chi connectivity index (χ1v) is 17.8. The molecule has 312 valence electrons. The lowest BCUT2D eigenvalue weighted by molar-refractivity contribution is -0.144. The lowest BCUT2D eigenvalue weighted by atomic mass is 9.98. The van der Waals surface area contributed by atoms with Crippen LogP contribution in [0, 0.1) is 11.8 Å². The van der Waals surface area contributed by atoms with Gasteiger partial charge in [0, 0.05) is 19.5 Å². The number of nitrogens with zero attached hydrogens (tertiary/aromatic N) is 2. The highest BCUT2D eigenvalue weighted by Gasteiger charge is 2.34. The quantitative estimate of drug-likeness (QED) is 0.0210. The first kappa shape index (κ1) is 49.3. The standard InChI is InChI=1S/C32H60N14O9/c1-5-16(4)24(30(54)55)46-28(52)20(14-22(35)48)44-27(51)19(10-11-21(34)47)42-26(50)18(9-7-13-41-32(38)39)43-29(53)23(15(2)3)45-25(49)17(33)8-6-12-40-31(36)37/h15-20,23-24H,5-14,33H2,1-4H3,(H2,34,47)(H2,35,48)(H,42,50)(H,43,53)(H,44,51)(H,45,49)(H,46,52)(H,54,55)(H4,36,37,40)(H4,38,39,41)/t16-,17-,18-,19-,20-,23-,24-/m0/s1. The molecule has 7 atom stereocenters. The van der Waals surface area contributed by atoms with Crippen molar-refractivity contribution in [2.75, 3.05) is 13.1 Å². The summed E-state index contributed by atoms with van der Waals surface area (Å²) in [5.74, 6) is -9.03. The predicted octanol–water partition coefficient (Wildman–Crippen LogP) is -5.23. The number of amides is 7. The molecule has 0 aliphatic rings. The van der Waals surface area contributed by atoms with E-state index in [1.54, 1.807) is 27.7 Å². The smallest absolute Gasteiger partial charge is 0.326 e. The lowest BCUT2D eigenvalue weighted by Gasteiger charge is -2.28. The molecule has 0 spiro atoms. The van der Waals surface area contributed by atoms with Gasteiger partial charge in [0.15, 0.2) is 11.9 Å². The van der Waals surface area contributed by atoms with Crippen LogP contribution in [0.5, 0.6) is 0 Å². The van der Waals surface area contributed by atoms with Gasteiger partial charge in [-0.15, -0.1) is 0 Å². The second kappa shape index (κ2) is 25.3. The third-order valence-corrected chi connectivity index (χ3v) is 8.26. The number of carbonyl (C=O) groups is 8. The maximum Gasteiger partial charge on any atom is 0.326 e. The molecular weight excluding hydrogens is 724 g/mol. The van der Waals surface area contributed by atoms with E-state index in [0.717, 1.165) is 0 Å². The van der Waals surface area contributed by atoms with Crippen molar-refractivity contribution in [2.24, 2.45) is 62.0 Å². The molecule has 0 heterocycles. The molecule has 0 aliphatic carbocycles. The fourth-order valence-electron chi connectivity index (χ4n) is 4.93. The van der Waals surface area contributed by atoms with Crippen LogP contribution < -0.4 is 66.7 Å². The van der Waals surface area contributed by atoms with Gasteiger partial charge >= 0.3 is 5.97 Å². The van der Waals surface area contributed by atoms with Crippen molar-refractivity contribution < 1.29 is 43.5 Å². The fraction of sp³-hybridized carbons (Fsp3) is 0.688. The van der Waals surface area contributed by atoms with Crippen molar-refractivity contribution in [1.29, 1.82) is 0 Å². The molecule has 0 aromatic carbocycles. The van der Waals surface area contributed by atoms with E-state index in [4.69, 9.17) is 40.1 Å². The number of hydrogen-bond acceptors (Lipinski definition) is 11. The van der Waals surface area contributed by atoms with Gasteiger partial charge in [0.2, 0.25) is 41.4 Å². The second-order valence-corrected chi connectivity index (χ2v) is 13.3. The third kappa shape index (κ3) is 20.3. The highest BCUT2D eigenvalue weighted by molar-refractivity contribution is 5.97. The van der Waals surface area contributed by atoms with Crippen LogP contribution in [0.4, 0.5) is 0 Å². The Labute approximate surface area is 319 Å². The molecule has 0 radical (unpaired) electrons. The molecule has 23 heteroatoms. The zero-order valence-corrected chi connectivity index (χ0v) is 31.8. The molecule has 23 nitrogen and oxygen atoms in total. The van der Waals surface area contributed by atoms with Gasteiger partial charge in [-0.1, -0.05) is 34.1 Å². The zero-order chi connectivity index (χ0) is 42.4. The predicted molar refractivity (Wildman–Crippen MR) is 202 cm³/mol. The van der Waals surface area contributed by atoms with E-state index >= 15 is 0 Å². The van der Waals surface area contributed by atoms with Crippen molar-refractivity contribution >= 4 is 59.2 Å². The summed E-state index contributed by atoms with van der Waals surface area (Å²) in [6.07, 6.45) is -0.544. The van der Waals surface area contributed by atoms with Crippen molar-refractivity contribution in [2.45, 2.75) is 115 Å². The van der Waals surface area contributed by atoms with Crippen molar-refractivity contribution in [3.63, 3.8) is 0 Å². The van der Waals surface area contributed by atoms with Crippen LogP contribution in [0.15, 0.2) is 9.98 Å². The second-order valence-electron chi connectivity index (χ2n) is 13.3. The van der Waals surface area contributed by atoms with Crippen LogP contribution in [0.3, 0.4) is 0 Å². The molecule has 55 heavy (non-hydrogen) atoms. The highest BCUT2D eigenvalue weighted by atomic mass is 16.4. The number of nitrogens with one attached hydrogen (secondary N) is 5. The van der Waals surface area contributed by atoms with Gasteiger partial charge < -0.3 is 71.8 Å². The molecule has 0 bridgehead atoms. The van der Waals surface area contributed by atoms with E-state index in [-0.39, 0.29) is 50.7 Å². The number of nitrogens with two attached hydrogens (primary N) is 7. The number of rotatable bonds is 27. The first-order valence-electron chi connectivity index (χ1n) is 17.8. The maximum atomic E-state index is 13.7. The number of aliphatic carboxylic acids is 1. The molecule has 0 aromatic rings. The van der Waals surface area contributed by atoms with Crippen molar-refractivity contribution in [3.05, 3.63) is 0 Å². The van der Waals surface area contributed by atoms with E-state index in [9.17, 15) is 43.5 Å². The SMILES string of the molecule is CC[C@H](C)[C@H](NC(=O)[C@H](CC(N)=O)NC(=O)[C@H](CCC(N)=O)NC(=O)[C@H](CCCN=C(N)N)NC(=O)[C@@H](NC(=O)[C@@H](N)CCCN=C(N)N)C(C)C)C(=O)O. The topological polar surface area (TPSA) is 424 Å². The lowest BCUT2D eigenvalue weighted by Crippen LogP contribution is -2.60. The Kier molecular flexibility index (Phi) is 22.7. The number of carbonyl (C=O) groups excluding carboxylic acids is 7. The monoisotopic (exact) mass is 784 g/mol. The van der Waals surface area contributed by atoms with Crippen LogP contribution in [0.2, 0.25) is 0 Å². The van der Waals surface area contributed by atoms with E-state index in [1.807, 2.05) is 0 Å². The van der Waals surface area contributed by atoms with Gasteiger partial charge in [0.1, 0.15) is 30.2 Å². The Morgan fingerprint density at radius 1 is 0.582 bits per heavy atom. The average molecular weight is 785 g/mol. The fourth-order valence-corrected chi connectivity index (χ4v) is 4.93. The molecule has 0 saturated carbocycles. The van der Waals surface area contributed by atoms with Crippen molar-refractivity contribution in [1.82, 2.24) is 26.6 Å². The number of hydrogen-bond donors (Lipinski definition) is 13. The first-order chi connectivity index (χ1) is 25.6.